The molecule has 228 valence electrons. The Morgan fingerprint density at radius 1 is 0.636 bits per heavy atom. The second-order valence-electron chi connectivity index (χ2n) is 11.4. The van der Waals surface area contributed by atoms with E-state index in [1.165, 1.54) is 24.3 Å². The molecule has 3 aliphatic rings. The molecule has 0 amide bonds. The molecule has 3 aliphatic heterocycles. The Morgan fingerprint density at radius 2 is 1.11 bits per heavy atom. The highest BCUT2D eigenvalue weighted by Gasteiger charge is 2.68. The minimum atomic E-state index is -3.79. The predicted octanol–water partition coefficient (Wildman–Crippen LogP) is 4.79. The standard InChI is InChI=1S/C32H31N3O7S2/c1-31(22-11-9-13-24(19-22)33-43(36,37)26-15-5-3-6-16-26)29-35-28(21-40-29)41-32(2,30(35)42-31)23-12-10-14-25(20-23)34-44(38,39)27-17-7-4-8-18-27/h3-20,28-30,33-34H,21H2,1-2H3/t28-,29-,30-,31-,32+/m0/s1. The van der Waals surface area contributed by atoms with E-state index < -0.39 is 43.7 Å². The van der Waals surface area contributed by atoms with Gasteiger partial charge in [0.05, 0.1) is 16.4 Å². The van der Waals surface area contributed by atoms with Gasteiger partial charge < -0.3 is 14.2 Å². The van der Waals surface area contributed by atoms with E-state index in [0.29, 0.717) is 18.0 Å². The summed E-state index contributed by atoms with van der Waals surface area (Å²) in [7, 11) is -7.58. The largest absolute Gasteiger partial charge is 0.355 e. The highest BCUT2D eigenvalue weighted by molar-refractivity contribution is 7.93. The molecule has 4 aromatic rings. The third-order valence-corrected chi connectivity index (χ3v) is 11.2. The van der Waals surface area contributed by atoms with Gasteiger partial charge in [0, 0.05) is 11.4 Å². The molecule has 12 heteroatoms. The van der Waals surface area contributed by atoms with Gasteiger partial charge >= 0.3 is 0 Å². The number of hydrogen-bond acceptors (Lipinski definition) is 8. The lowest BCUT2D eigenvalue weighted by Gasteiger charge is -2.33. The molecule has 0 aromatic heterocycles. The molecule has 3 saturated heterocycles. The highest BCUT2D eigenvalue weighted by Crippen LogP contribution is 2.56. The molecule has 3 heterocycles. The van der Waals surface area contributed by atoms with Crippen molar-refractivity contribution < 1.29 is 31.0 Å². The number of nitrogens with zero attached hydrogens (tertiary/aromatic N) is 1. The molecule has 10 nitrogen and oxygen atoms in total. The molecule has 44 heavy (non-hydrogen) atoms. The zero-order chi connectivity index (χ0) is 30.7. The van der Waals surface area contributed by atoms with Crippen molar-refractivity contribution in [1.82, 2.24) is 4.90 Å². The predicted molar refractivity (Wildman–Crippen MR) is 163 cm³/mol. The van der Waals surface area contributed by atoms with Crippen molar-refractivity contribution in [3.8, 4) is 0 Å². The molecule has 0 radical (unpaired) electrons. The van der Waals surface area contributed by atoms with Gasteiger partial charge in [-0.1, -0.05) is 60.7 Å². The molecular formula is C32H31N3O7S2. The summed E-state index contributed by atoms with van der Waals surface area (Å²) in [6, 6.07) is 30.6. The highest BCUT2D eigenvalue weighted by atomic mass is 32.2. The van der Waals surface area contributed by atoms with Crippen LogP contribution in [-0.4, -0.2) is 47.0 Å². The van der Waals surface area contributed by atoms with E-state index in [9.17, 15) is 16.8 Å². The summed E-state index contributed by atoms with van der Waals surface area (Å²) < 4.78 is 76.9. The maximum absolute atomic E-state index is 13.0. The minimum absolute atomic E-state index is 0.164. The lowest BCUT2D eigenvalue weighted by atomic mass is 9.93. The quantitative estimate of drug-likeness (QED) is 0.284. The van der Waals surface area contributed by atoms with E-state index in [4.69, 9.17) is 14.2 Å². The first-order chi connectivity index (χ1) is 21.0. The number of rotatable bonds is 8. The average molecular weight is 634 g/mol. The molecule has 0 saturated carbocycles. The summed E-state index contributed by atoms with van der Waals surface area (Å²) >= 11 is 0. The first-order valence-electron chi connectivity index (χ1n) is 14.1. The van der Waals surface area contributed by atoms with Crippen LogP contribution in [0, 0.1) is 0 Å². The van der Waals surface area contributed by atoms with Crippen LogP contribution in [0.2, 0.25) is 0 Å². The van der Waals surface area contributed by atoms with Gasteiger partial charge in [-0.2, -0.15) is 0 Å². The second-order valence-corrected chi connectivity index (χ2v) is 14.8. The van der Waals surface area contributed by atoms with Crippen molar-refractivity contribution in [2.75, 3.05) is 16.1 Å². The van der Waals surface area contributed by atoms with Gasteiger partial charge in [0.15, 0.2) is 0 Å². The summed E-state index contributed by atoms with van der Waals surface area (Å²) in [4.78, 5) is 2.39. The van der Waals surface area contributed by atoms with Crippen molar-refractivity contribution >= 4 is 31.4 Å². The van der Waals surface area contributed by atoms with E-state index in [2.05, 4.69) is 14.3 Å². The van der Waals surface area contributed by atoms with Crippen LogP contribution in [0.5, 0.6) is 0 Å². The molecule has 7 rings (SSSR count). The molecule has 2 N–H and O–H groups in total. The maximum atomic E-state index is 13.0. The monoisotopic (exact) mass is 633 g/mol. The van der Waals surface area contributed by atoms with E-state index in [1.54, 1.807) is 72.8 Å². The summed E-state index contributed by atoms with van der Waals surface area (Å²) in [5.74, 6) is 0. The molecule has 0 spiro atoms. The molecule has 0 unspecified atom stereocenters. The Hall–Kier alpha value is -3.78. The van der Waals surface area contributed by atoms with E-state index >= 15 is 0 Å². The topological polar surface area (TPSA) is 123 Å². The number of ether oxygens (including phenoxy) is 3. The van der Waals surface area contributed by atoms with Crippen LogP contribution in [0.15, 0.2) is 119 Å². The Morgan fingerprint density at radius 3 is 1.61 bits per heavy atom. The van der Waals surface area contributed by atoms with Gasteiger partial charge in [0.1, 0.15) is 29.9 Å². The van der Waals surface area contributed by atoms with Gasteiger partial charge in [0.2, 0.25) is 0 Å². The van der Waals surface area contributed by atoms with Crippen LogP contribution in [0.3, 0.4) is 0 Å². The zero-order valence-corrected chi connectivity index (χ0v) is 25.6. The number of hydrogen-bond donors (Lipinski definition) is 2. The SMILES string of the molecule is C[C@@]1(c2cccc(NS(=O)(=O)c3ccccc3)c2)O[C@@H]2N3[C@H](CO[C@H]31)O[C@]2(C)c1cccc(NS(=O)(=O)c2ccccc2)c1. The first-order valence-corrected chi connectivity index (χ1v) is 17.1. The fourth-order valence-corrected chi connectivity index (χ4v) is 8.37. The van der Waals surface area contributed by atoms with Gasteiger partial charge in [-0.05, 0) is 73.5 Å². The zero-order valence-electron chi connectivity index (χ0n) is 24.0. The summed E-state index contributed by atoms with van der Waals surface area (Å²) in [5.41, 5.74) is 0.330. The second kappa shape index (κ2) is 10.4. The summed E-state index contributed by atoms with van der Waals surface area (Å²) in [6.45, 7) is 4.17. The van der Waals surface area contributed by atoms with Crippen LogP contribution < -0.4 is 9.44 Å². The third-order valence-electron chi connectivity index (χ3n) is 8.43. The molecule has 0 bridgehead atoms. The van der Waals surface area contributed by atoms with Gasteiger partial charge in [-0.3, -0.25) is 9.44 Å². The maximum Gasteiger partial charge on any atom is 0.261 e. The number of benzene rings is 4. The van der Waals surface area contributed by atoms with Crippen LogP contribution in [-0.2, 0) is 45.5 Å². The van der Waals surface area contributed by atoms with Crippen molar-refractivity contribution in [3.05, 3.63) is 120 Å². The molecule has 5 atom stereocenters. The average Bonchev–Trinajstić information content (AvgIpc) is 3.66. The van der Waals surface area contributed by atoms with Crippen molar-refractivity contribution in [2.24, 2.45) is 0 Å². The minimum Gasteiger partial charge on any atom is -0.355 e. The van der Waals surface area contributed by atoms with Crippen LogP contribution >= 0.6 is 0 Å². The Balaban J connectivity index is 1.18. The lowest BCUT2D eigenvalue weighted by Crippen LogP contribution is -2.40. The van der Waals surface area contributed by atoms with Crippen molar-refractivity contribution in [1.29, 1.82) is 0 Å². The van der Waals surface area contributed by atoms with Crippen LogP contribution in [0.4, 0.5) is 11.4 Å². The smallest absolute Gasteiger partial charge is 0.261 e. The van der Waals surface area contributed by atoms with Gasteiger partial charge in [-0.15, -0.1) is 0 Å². The third kappa shape index (κ3) is 4.78. The Kier molecular flexibility index (Phi) is 6.85. The lowest BCUT2D eigenvalue weighted by molar-refractivity contribution is -0.138. The molecular weight excluding hydrogens is 603 g/mol. The fourth-order valence-electron chi connectivity index (χ4n) is 6.23. The Labute approximate surface area is 256 Å². The van der Waals surface area contributed by atoms with E-state index in [1.807, 2.05) is 26.0 Å². The van der Waals surface area contributed by atoms with Crippen molar-refractivity contribution in [3.63, 3.8) is 0 Å². The first kappa shape index (κ1) is 29.0. The number of sulfonamides is 2. The van der Waals surface area contributed by atoms with Gasteiger partial charge in [0.25, 0.3) is 20.0 Å². The number of nitrogens with one attached hydrogen (secondary N) is 2. The fraction of sp³-hybridized carbons (Fsp3) is 0.250. The van der Waals surface area contributed by atoms with Crippen LogP contribution in [0.25, 0.3) is 0 Å². The number of anilines is 2. The normalized spacial score (nSPS) is 28.1. The Bertz CT molecular complexity index is 1810. The van der Waals surface area contributed by atoms with E-state index in [0.717, 1.165) is 11.1 Å². The molecule has 4 aromatic carbocycles. The van der Waals surface area contributed by atoms with Gasteiger partial charge in [-0.25, -0.2) is 21.7 Å². The van der Waals surface area contributed by atoms with E-state index in [-0.39, 0.29) is 16.0 Å². The van der Waals surface area contributed by atoms with Crippen LogP contribution in [0.1, 0.15) is 25.0 Å². The summed E-state index contributed by atoms with van der Waals surface area (Å²) in [5, 5.41) is 0. The molecule has 3 fully saturated rings. The van der Waals surface area contributed by atoms with Crippen molar-refractivity contribution in [2.45, 2.75) is 53.5 Å². The molecule has 0 aliphatic carbocycles. The summed E-state index contributed by atoms with van der Waals surface area (Å²) in [6.07, 6.45) is -1.46.